The van der Waals surface area contributed by atoms with Gasteiger partial charge in [-0.2, -0.15) is 0 Å². The summed E-state index contributed by atoms with van der Waals surface area (Å²) in [4.78, 5) is 29.2. The highest BCUT2D eigenvalue weighted by molar-refractivity contribution is 6.22. The zero-order valence-electron chi connectivity index (χ0n) is 15.0. The van der Waals surface area contributed by atoms with Gasteiger partial charge >= 0.3 is 0 Å². The Morgan fingerprint density at radius 3 is 2.35 bits per heavy atom. The van der Waals surface area contributed by atoms with Crippen LogP contribution in [0, 0.1) is 0 Å². The molecule has 0 atom stereocenters. The highest BCUT2D eigenvalue weighted by Crippen LogP contribution is 2.31. The number of carbonyl (C=O) groups excluding carboxylic acids is 2. The molecular formula is C19H27N3O4. The molecule has 2 N–H and O–H groups in total. The highest BCUT2D eigenvalue weighted by Gasteiger charge is 2.32. The molecule has 2 aliphatic rings. The van der Waals surface area contributed by atoms with E-state index in [2.05, 4.69) is 15.1 Å². The topological polar surface area (TPSA) is 86.0 Å². The fourth-order valence-electron chi connectivity index (χ4n) is 3.56. The second kappa shape index (κ2) is 9.12. The second-order valence-electron chi connectivity index (χ2n) is 6.89. The van der Waals surface area contributed by atoms with E-state index < -0.39 is 0 Å². The van der Waals surface area contributed by atoms with Crippen molar-refractivity contribution in [3.63, 3.8) is 0 Å². The molecule has 1 aromatic rings. The van der Waals surface area contributed by atoms with Crippen LogP contribution < -0.4 is 5.32 Å². The van der Waals surface area contributed by atoms with Crippen LogP contribution in [-0.2, 0) is 9.59 Å². The van der Waals surface area contributed by atoms with Crippen molar-refractivity contribution < 1.29 is 19.1 Å². The minimum absolute atomic E-state index is 0.118. The predicted octanol–water partition coefficient (Wildman–Crippen LogP) is 0.379. The third kappa shape index (κ3) is 4.81. The summed E-state index contributed by atoms with van der Waals surface area (Å²) >= 11 is 0. The quantitative estimate of drug-likeness (QED) is 0.412. The van der Waals surface area contributed by atoms with Gasteiger partial charge in [-0.3, -0.25) is 19.4 Å². The first-order valence-electron chi connectivity index (χ1n) is 9.26. The van der Waals surface area contributed by atoms with Crippen LogP contribution in [0.1, 0.15) is 24.5 Å². The monoisotopic (exact) mass is 361 g/mol. The van der Waals surface area contributed by atoms with Crippen molar-refractivity contribution in [2.75, 3.05) is 52.4 Å². The van der Waals surface area contributed by atoms with Crippen molar-refractivity contribution in [2.45, 2.75) is 18.8 Å². The van der Waals surface area contributed by atoms with Gasteiger partial charge in [-0.25, -0.2) is 0 Å². The number of Topliss-reactive ketones (excluding diaryl/α,β-unsaturated/α-hetero) is 2. The number of furan rings is 1. The molecule has 2 fully saturated rings. The Balaban J connectivity index is 1.41. The molecule has 0 amide bonds. The van der Waals surface area contributed by atoms with E-state index in [1.165, 1.54) is 0 Å². The predicted molar refractivity (Wildman–Crippen MR) is 96.7 cm³/mol. The Bertz CT molecular complexity index is 613. The average molecular weight is 361 g/mol. The van der Waals surface area contributed by atoms with Crippen LogP contribution >= 0.6 is 0 Å². The Morgan fingerprint density at radius 2 is 1.77 bits per heavy atom. The van der Waals surface area contributed by atoms with Crippen molar-refractivity contribution >= 4 is 11.6 Å². The van der Waals surface area contributed by atoms with Crippen LogP contribution in [-0.4, -0.2) is 78.9 Å². The van der Waals surface area contributed by atoms with E-state index in [4.69, 9.17) is 9.52 Å². The molecule has 3 rings (SSSR count). The van der Waals surface area contributed by atoms with E-state index in [-0.39, 0.29) is 29.7 Å². The normalized spacial score (nSPS) is 22.7. The molecule has 142 valence electrons. The summed E-state index contributed by atoms with van der Waals surface area (Å²) in [7, 11) is 0. The van der Waals surface area contributed by atoms with Crippen molar-refractivity contribution in [2.24, 2.45) is 0 Å². The maximum Gasteiger partial charge on any atom is 0.168 e. The molecule has 1 aliphatic heterocycles. The molecule has 0 unspecified atom stereocenters. The van der Waals surface area contributed by atoms with Gasteiger partial charge in [0.05, 0.1) is 18.4 Å². The first kappa shape index (κ1) is 18.8. The van der Waals surface area contributed by atoms with E-state index in [1.807, 2.05) is 6.07 Å². The maximum absolute atomic E-state index is 12.3. The van der Waals surface area contributed by atoms with Gasteiger partial charge in [-0.05, 0) is 12.1 Å². The Morgan fingerprint density at radius 1 is 1.12 bits per heavy atom. The number of β-amino-alcohol motifs (C(OH)–C–C–N with tert-alkyl or cyclic N) is 1. The number of aliphatic hydroxyl groups excluding tert-OH is 1. The lowest BCUT2D eigenvalue weighted by Gasteiger charge is -2.34. The third-order valence-electron chi connectivity index (χ3n) is 5.11. The molecule has 1 saturated heterocycles. The van der Waals surface area contributed by atoms with E-state index in [0.29, 0.717) is 25.1 Å². The summed E-state index contributed by atoms with van der Waals surface area (Å²) < 4.78 is 5.33. The lowest BCUT2D eigenvalue weighted by Crippen LogP contribution is -2.48. The number of nitrogens with zero attached hydrogens (tertiary/aromatic N) is 2. The minimum Gasteiger partial charge on any atom is -0.469 e. The number of ketones is 2. The van der Waals surface area contributed by atoms with Crippen molar-refractivity contribution in [3.05, 3.63) is 35.9 Å². The van der Waals surface area contributed by atoms with Crippen LogP contribution in [0.25, 0.3) is 0 Å². The molecule has 0 aromatic carbocycles. The van der Waals surface area contributed by atoms with Crippen LogP contribution in [0.2, 0.25) is 0 Å². The first-order valence-corrected chi connectivity index (χ1v) is 9.26. The standard InChI is InChI=1S/C19H27N3O4/c23-10-9-22-7-5-21(6-8-22)4-3-20-14-16-17(24)12-15(13-18(16)25)19-2-1-11-26-19/h1-2,11,14-15,20,23H,3-10,12-13H2. The number of hydrogen-bond donors (Lipinski definition) is 2. The summed E-state index contributed by atoms with van der Waals surface area (Å²) in [6.07, 6.45) is 3.80. The van der Waals surface area contributed by atoms with Crippen molar-refractivity contribution in [3.8, 4) is 0 Å². The lowest BCUT2D eigenvalue weighted by molar-refractivity contribution is -0.124. The third-order valence-corrected chi connectivity index (χ3v) is 5.11. The smallest absolute Gasteiger partial charge is 0.168 e. The zero-order chi connectivity index (χ0) is 18.4. The summed E-state index contributed by atoms with van der Waals surface area (Å²) in [6.45, 7) is 6.39. The molecule has 1 aromatic heterocycles. The number of nitrogens with one attached hydrogen (secondary N) is 1. The summed E-state index contributed by atoms with van der Waals surface area (Å²) in [5, 5.41) is 12.1. The van der Waals surface area contributed by atoms with E-state index in [0.717, 1.165) is 39.3 Å². The number of rotatable bonds is 7. The summed E-state index contributed by atoms with van der Waals surface area (Å²) in [6, 6.07) is 3.60. The molecule has 7 heteroatoms. The van der Waals surface area contributed by atoms with Gasteiger partial charge in [0.25, 0.3) is 0 Å². The van der Waals surface area contributed by atoms with Gasteiger partial charge in [0.1, 0.15) is 5.76 Å². The van der Waals surface area contributed by atoms with Crippen LogP contribution in [0.5, 0.6) is 0 Å². The minimum atomic E-state index is -0.141. The molecular weight excluding hydrogens is 334 g/mol. The van der Waals surface area contributed by atoms with Gasteiger partial charge in [-0.15, -0.1) is 0 Å². The zero-order valence-corrected chi connectivity index (χ0v) is 15.0. The molecule has 7 nitrogen and oxygen atoms in total. The number of allylic oxidation sites excluding steroid dienone is 1. The molecule has 2 heterocycles. The first-order chi connectivity index (χ1) is 12.7. The highest BCUT2D eigenvalue weighted by atomic mass is 16.3. The fourth-order valence-corrected chi connectivity index (χ4v) is 3.56. The van der Waals surface area contributed by atoms with Gasteiger partial charge in [0.15, 0.2) is 11.6 Å². The van der Waals surface area contributed by atoms with E-state index >= 15 is 0 Å². The Kier molecular flexibility index (Phi) is 6.60. The largest absolute Gasteiger partial charge is 0.469 e. The van der Waals surface area contributed by atoms with Crippen LogP contribution in [0.15, 0.2) is 34.6 Å². The molecule has 26 heavy (non-hydrogen) atoms. The van der Waals surface area contributed by atoms with Crippen molar-refractivity contribution in [1.29, 1.82) is 0 Å². The SMILES string of the molecule is O=C1CC(c2ccco2)CC(=O)C1=CNCCN1CCN(CCO)CC1. The average Bonchev–Trinajstić information content (AvgIpc) is 3.16. The van der Waals surface area contributed by atoms with Gasteiger partial charge in [-0.1, -0.05) is 0 Å². The summed E-state index contributed by atoms with van der Waals surface area (Å²) in [5.74, 6) is 0.331. The second-order valence-corrected chi connectivity index (χ2v) is 6.89. The number of hydrogen-bond acceptors (Lipinski definition) is 7. The van der Waals surface area contributed by atoms with E-state index in [1.54, 1.807) is 18.5 Å². The lowest BCUT2D eigenvalue weighted by atomic mass is 9.83. The molecule has 0 bridgehead atoms. The number of carbonyl (C=O) groups is 2. The number of aliphatic hydroxyl groups is 1. The maximum atomic E-state index is 12.3. The molecule has 1 aliphatic carbocycles. The van der Waals surface area contributed by atoms with Gasteiger partial charge in [0.2, 0.25) is 0 Å². The van der Waals surface area contributed by atoms with Gasteiger partial charge < -0.3 is 14.8 Å². The molecule has 1 saturated carbocycles. The number of piperazine rings is 1. The molecule has 0 radical (unpaired) electrons. The Hall–Kier alpha value is -1.96. The fraction of sp³-hybridized carbons (Fsp3) is 0.579. The van der Waals surface area contributed by atoms with E-state index in [9.17, 15) is 9.59 Å². The van der Waals surface area contributed by atoms with Gasteiger partial charge in [0, 0.05) is 70.8 Å². The summed E-state index contributed by atoms with van der Waals surface area (Å²) in [5.41, 5.74) is 0.278. The Labute approximate surface area is 153 Å². The van der Waals surface area contributed by atoms with Crippen LogP contribution in [0.4, 0.5) is 0 Å². The van der Waals surface area contributed by atoms with Crippen LogP contribution in [0.3, 0.4) is 0 Å². The molecule has 0 spiro atoms. The van der Waals surface area contributed by atoms with Crippen molar-refractivity contribution in [1.82, 2.24) is 15.1 Å².